The van der Waals surface area contributed by atoms with Gasteiger partial charge in [0.05, 0.1) is 24.5 Å². The Morgan fingerprint density at radius 3 is 2.96 bits per heavy atom. The smallest absolute Gasteiger partial charge is 0.271 e. The molecule has 1 atom stereocenters. The third-order valence-electron chi connectivity index (χ3n) is 4.30. The Balaban J connectivity index is 1.68. The minimum absolute atomic E-state index is 0.192. The van der Waals surface area contributed by atoms with Gasteiger partial charge in [0.15, 0.2) is 5.82 Å². The van der Waals surface area contributed by atoms with Crippen LogP contribution >= 0.6 is 0 Å². The van der Waals surface area contributed by atoms with E-state index in [1.165, 1.54) is 12.5 Å². The second-order valence-corrected chi connectivity index (χ2v) is 5.87. The zero-order valence-electron chi connectivity index (χ0n) is 13.9. The molecule has 8 nitrogen and oxygen atoms in total. The summed E-state index contributed by atoms with van der Waals surface area (Å²) in [7, 11) is 0. The lowest BCUT2D eigenvalue weighted by atomic mass is 10.2. The molecule has 3 heterocycles. The van der Waals surface area contributed by atoms with Crippen LogP contribution < -0.4 is 0 Å². The number of amides is 1. The first-order chi connectivity index (χ1) is 12.8. The van der Waals surface area contributed by atoms with Crippen molar-refractivity contribution in [1.29, 1.82) is 5.26 Å². The number of H-pyrrole nitrogens is 1. The quantitative estimate of drug-likeness (QED) is 0.776. The molecular formula is C18H16N6O2. The molecule has 1 unspecified atom stereocenters. The molecule has 0 saturated carbocycles. The molecule has 2 aromatic heterocycles. The third-order valence-corrected chi connectivity index (χ3v) is 4.30. The summed E-state index contributed by atoms with van der Waals surface area (Å²) in [6.07, 6.45) is 3.00. The highest BCUT2D eigenvalue weighted by molar-refractivity contribution is 5.93. The van der Waals surface area contributed by atoms with E-state index in [-0.39, 0.29) is 11.9 Å². The fourth-order valence-electron chi connectivity index (χ4n) is 3.04. The maximum Gasteiger partial charge on any atom is 0.271 e. The zero-order valence-corrected chi connectivity index (χ0v) is 13.9. The van der Waals surface area contributed by atoms with E-state index < -0.39 is 0 Å². The molecular weight excluding hydrogens is 332 g/mol. The normalized spacial score (nSPS) is 17.0. The molecule has 1 aliphatic heterocycles. The molecule has 0 aliphatic carbocycles. The lowest BCUT2D eigenvalue weighted by molar-refractivity contribution is -0.00606. The fraction of sp³-hybridized carbons (Fsp3) is 0.222. The van der Waals surface area contributed by atoms with Crippen molar-refractivity contribution in [2.75, 3.05) is 19.8 Å². The van der Waals surface area contributed by atoms with Crippen LogP contribution in [-0.2, 0) is 4.74 Å². The van der Waals surface area contributed by atoms with Crippen molar-refractivity contribution in [3.8, 4) is 11.8 Å². The number of aromatic nitrogens is 4. The van der Waals surface area contributed by atoms with E-state index in [1.807, 2.05) is 36.4 Å². The lowest BCUT2D eigenvalue weighted by Gasteiger charge is -2.34. The van der Waals surface area contributed by atoms with Gasteiger partial charge in [0.25, 0.3) is 5.91 Å². The molecule has 1 aromatic carbocycles. The van der Waals surface area contributed by atoms with Gasteiger partial charge in [-0.15, -0.1) is 0 Å². The largest absolute Gasteiger partial charge is 0.377 e. The van der Waals surface area contributed by atoms with Gasteiger partial charge in [0, 0.05) is 12.7 Å². The van der Waals surface area contributed by atoms with Gasteiger partial charge in [0.2, 0.25) is 0 Å². The fourth-order valence-corrected chi connectivity index (χ4v) is 3.04. The van der Waals surface area contributed by atoms with Crippen molar-refractivity contribution < 1.29 is 9.53 Å². The van der Waals surface area contributed by atoms with E-state index in [9.17, 15) is 4.79 Å². The third kappa shape index (κ3) is 2.85. The Morgan fingerprint density at radius 1 is 1.35 bits per heavy atom. The van der Waals surface area contributed by atoms with E-state index in [1.54, 1.807) is 15.6 Å². The summed E-state index contributed by atoms with van der Waals surface area (Å²) >= 11 is 0. The van der Waals surface area contributed by atoms with Crippen LogP contribution in [0.3, 0.4) is 0 Å². The molecule has 1 fully saturated rings. The summed E-state index contributed by atoms with van der Waals surface area (Å²) in [4.78, 5) is 21.9. The standard InChI is InChI=1S/C18H16N6O2/c19-9-13-8-15(20-10-13)18(25)23-6-7-26-11-16(23)17-21-12-22-24(17)14-4-2-1-3-5-14/h1-5,8,10,12,16,20H,6-7,11H2. The van der Waals surface area contributed by atoms with Gasteiger partial charge >= 0.3 is 0 Å². The van der Waals surface area contributed by atoms with Crippen LogP contribution in [0.2, 0.25) is 0 Å². The van der Waals surface area contributed by atoms with Crippen LogP contribution in [0.15, 0.2) is 48.9 Å². The first-order valence-electron chi connectivity index (χ1n) is 8.20. The molecule has 0 bridgehead atoms. The average Bonchev–Trinajstić information content (AvgIpc) is 3.37. The Kier molecular flexibility index (Phi) is 4.21. The Labute approximate surface area is 149 Å². The average molecular weight is 348 g/mol. The molecule has 1 aliphatic rings. The van der Waals surface area contributed by atoms with Crippen molar-refractivity contribution in [2.24, 2.45) is 0 Å². The maximum absolute atomic E-state index is 13.0. The number of nitrogens with one attached hydrogen (secondary N) is 1. The van der Waals surface area contributed by atoms with Crippen molar-refractivity contribution >= 4 is 5.91 Å². The van der Waals surface area contributed by atoms with Gasteiger partial charge in [-0.05, 0) is 18.2 Å². The predicted molar refractivity (Wildman–Crippen MR) is 91.5 cm³/mol. The SMILES string of the molecule is N#Cc1c[nH]c(C(=O)N2CCOCC2c2ncnn2-c2ccccc2)c1. The number of morpholine rings is 1. The number of carbonyl (C=O) groups excluding carboxylic acids is 1. The number of ether oxygens (including phenoxy) is 1. The molecule has 8 heteroatoms. The number of nitriles is 1. The molecule has 1 saturated heterocycles. The van der Waals surface area contributed by atoms with Crippen LogP contribution in [0.4, 0.5) is 0 Å². The number of hydrogen-bond donors (Lipinski definition) is 1. The monoisotopic (exact) mass is 348 g/mol. The number of rotatable bonds is 3. The Bertz CT molecular complexity index is 955. The zero-order chi connectivity index (χ0) is 17.9. The molecule has 0 radical (unpaired) electrons. The van der Waals surface area contributed by atoms with Gasteiger partial charge in [-0.2, -0.15) is 10.4 Å². The van der Waals surface area contributed by atoms with Gasteiger partial charge in [0.1, 0.15) is 24.1 Å². The number of para-hydroxylation sites is 1. The van der Waals surface area contributed by atoms with E-state index in [4.69, 9.17) is 10.00 Å². The molecule has 1 amide bonds. The van der Waals surface area contributed by atoms with Gasteiger partial charge < -0.3 is 14.6 Å². The van der Waals surface area contributed by atoms with E-state index in [0.29, 0.717) is 36.8 Å². The van der Waals surface area contributed by atoms with Gasteiger partial charge in [-0.3, -0.25) is 4.79 Å². The van der Waals surface area contributed by atoms with Gasteiger partial charge in [-0.1, -0.05) is 18.2 Å². The summed E-state index contributed by atoms with van der Waals surface area (Å²) in [6, 6.07) is 12.8. The van der Waals surface area contributed by atoms with Crippen LogP contribution in [0.1, 0.15) is 27.9 Å². The van der Waals surface area contributed by atoms with Crippen LogP contribution in [0.25, 0.3) is 5.69 Å². The van der Waals surface area contributed by atoms with E-state index >= 15 is 0 Å². The van der Waals surface area contributed by atoms with Crippen LogP contribution in [-0.4, -0.2) is 50.3 Å². The first-order valence-corrected chi connectivity index (χ1v) is 8.20. The van der Waals surface area contributed by atoms with E-state index in [2.05, 4.69) is 15.1 Å². The number of benzene rings is 1. The number of nitrogens with zero attached hydrogens (tertiary/aromatic N) is 5. The summed E-state index contributed by atoms with van der Waals surface area (Å²) in [5.74, 6) is 0.443. The molecule has 26 heavy (non-hydrogen) atoms. The minimum Gasteiger partial charge on any atom is -0.377 e. The number of hydrogen-bond acceptors (Lipinski definition) is 5. The Morgan fingerprint density at radius 2 is 2.19 bits per heavy atom. The van der Waals surface area contributed by atoms with Crippen LogP contribution in [0, 0.1) is 11.3 Å². The number of carbonyl (C=O) groups is 1. The van der Waals surface area contributed by atoms with Gasteiger partial charge in [-0.25, -0.2) is 9.67 Å². The predicted octanol–water partition coefficient (Wildman–Crippen LogP) is 1.68. The van der Waals surface area contributed by atoms with Crippen molar-refractivity contribution in [2.45, 2.75) is 6.04 Å². The molecule has 1 N–H and O–H groups in total. The van der Waals surface area contributed by atoms with Crippen molar-refractivity contribution in [1.82, 2.24) is 24.6 Å². The molecule has 3 aromatic rings. The van der Waals surface area contributed by atoms with Crippen LogP contribution in [0.5, 0.6) is 0 Å². The first kappa shape index (κ1) is 16.1. The summed E-state index contributed by atoms with van der Waals surface area (Å²) in [5, 5.41) is 13.3. The second-order valence-electron chi connectivity index (χ2n) is 5.87. The lowest BCUT2D eigenvalue weighted by Crippen LogP contribution is -2.44. The van der Waals surface area contributed by atoms with Crippen molar-refractivity contribution in [3.05, 3.63) is 66.0 Å². The number of aromatic amines is 1. The second kappa shape index (κ2) is 6.82. The summed E-state index contributed by atoms with van der Waals surface area (Å²) in [6.45, 7) is 1.22. The highest BCUT2D eigenvalue weighted by atomic mass is 16.5. The Hall–Kier alpha value is -3.44. The summed E-state index contributed by atoms with van der Waals surface area (Å²) < 4.78 is 7.32. The molecule has 130 valence electrons. The minimum atomic E-state index is -0.368. The van der Waals surface area contributed by atoms with Crippen molar-refractivity contribution in [3.63, 3.8) is 0 Å². The highest BCUT2D eigenvalue weighted by Crippen LogP contribution is 2.26. The van der Waals surface area contributed by atoms with E-state index in [0.717, 1.165) is 5.69 Å². The maximum atomic E-state index is 13.0. The summed E-state index contributed by atoms with van der Waals surface area (Å²) in [5.41, 5.74) is 1.66. The molecule has 4 rings (SSSR count). The highest BCUT2D eigenvalue weighted by Gasteiger charge is 2.33. The topological polar surface area (TPSA) is 99.8 Å². The molecule has 0 spiro atoms.